The minimum absolute atomic E-state index is 0.0193. The summed E-state index contributed by atoms with van der Waals surface area (Å²) >= 11 is 0. The molecule has 8 heteroatoms. The maximum absolute atomic E-state index is 13.3. The van der Waals surface area contributed by atoms with Crippen LogP contribution in [0.2, 0.25) is 0 Å². The average molecular weight is 474 g/mol. The van der Waals surface area contributed by atoms with Gasteiger partial charge in [-0.05, 0) is 89.1 Å². The van der Waals surface area contributed by atoms with Crippen LogP contribution >= 0.6 is 0 Å². The van der Waals surface area contributed by atoms with Crippen LogP contribution in [0.15, 0.2) is 6.20 Å². The molecule has 8 nitrogen and oxygen atoms in total. The predicted octanol–water partition coefficient (Wildman–Crippen LogP) is 2.93. The van der Waals surface area contributed by atoms with Crippen molar-refractivity contribution in [3.63, 3.8) is 0 Å². The van der Waals surface area contributed by atoms with E-state index in [-0.39, 0.29) is 35.9 Å². The molecule has 0 saturated heterocycles. The highest BCUT2D eigenvalue weighted by Gasteiger charge is 2.48. The van der Waals surface area contributed by atoms with Gasteiger partial charge in [0.1, 0.15) is 12.1 Å². The van der Waals surface area contributed by atoms with Gasteiger partial charge >= 0.3 is 0 Å². The van der Waals surface area contributed by atoms with Crippen LogP contribution in [0.25, 0.3) is 0 Å². The highest BCUT2D eigenvalue weighted by atomic mass is 16.5. The van der Waals surface area contributed by atoms with Crippen molar-refractivity contribution in [3.05, 3.63) is 11.8 Å². The molecule has 4 aliphatic rings. The second-order valence-corrected chi connectivity index (χ2v) is 12.3. The quantitative estimate of drug-likeness (QED) is 0.546. The van der Waals surface area contributed by atoms with E-state index in [9.17, 15) is 9.59 Å². The molecule has 0 spiro atoms. The summed E-state index contributed by atoms with van der Waals surface area (Å²) in [6, 6.07) is 0.248. The highest BCUT2D eigenvalue weighted by molar-refractivity contribution is 5.96. The van der Waals surface area contributed by atoms with Gasteiger partial charge in [0.05, 0.1) is 12.3 Å². The maximum atomic E-state index is 13.3. The smallest absolute Gasteiger partial charge is 0.258 e. The maximum Gasteiger partial charge on any atom is 0.258 e. The highest BCUT2D eigenvalue weighted by Crippen LogP contribution is 2.53. The molecule has 4 fully saturated rings. The van der Waals surface area contributed by atoms with Crippen molar-refractivity contribution in [2.24, 2.45) is 29.1 Å². The van der Waals surface area contributed by atoms with Gasteiger partial charge in [-0.25, -0.2) is 4.68 Å². The van der Waals surface area contributed by atoms with Crippen molar-refractivity contribution in [1.29, 1.82) is 0 Å². The van der Waals surface area contributed by atoms with E-state index in [4.69, 9.17) is 4.74 Å². The van der Waals surface area contributed by atoms with Crippen LogP contribution in [0, 0.1) is 29.1 Å². The molecule has 5 rings (SSSR count). The number of nitrogens with one attached hydrogen (secondary N) is 2. The van der Waals surface area contributed by atoms with Crippen LogP contribution in [0.4, 0.5) is 0 Å². The summed E-state index contributed by atoms with van der Waals surface area (Å²) in [5.74, 6) is 3.02. The third kappa shape index (κ3) is 5.75. The summed E-state index contributed by atoms with van der Waals surface area (Å²) < 4.78 is 7.51. The molecule has 1 aromatic heterocycles. The summed E-state index contributed by atoms with van der Waals surface area (Å²) in [6.45, 7) is 9.53. The monoisotopic (exact) mass is 473 g/mol. The minimum Gasteiger partial charge on any atom is -0.475 e. The van der Waals surface area contributed by atoms with Crippen molar-refractivity contribution in [1.82, 2.24) is 25.3 Å². The molecule has 0 aromatic carbocycles. The number of carbonyl (C=O) groups excluding carboxylic acids is 2. The van der Waals surface area contributed by atoms with Crippen LogP contribution in [-0.4, -0.2) is 65.8 Å². The Morgan fingerprint density at radius 1 is 1.15 bits per heavy atom. The van der Waals surface area contributed by atoms with Crippen molar-refractivity contribution >= 4 is 11.8 Å². The van der Waals surface area contributed by atoms with Crippen LogP contribution in [0.3, 0.4) is 0 Å². The summed E-state index contributed by atoms with van der Waals surface area (Å²) in [5, 5.41) is 10.7. The third-order valence-electron chi connectivity index (χ3n) is 7.71. The number of carbonyl (C=O) groups is 2. The lowest BCUT2D eigenvalue weighted by atomic mass is 9.54. The van der Waals surface area contributed by atoms with Gasteiger partial charge in [-0.3, -0.25) is 9.59 Å². The number of rotatable bonds is 10. The molecule has 190 valence electrons. The Hall–Kier alpha value is -2.09. The molecule has 0 atom stereocenters. The van der Waals surface area contributed by atoms with E-state index in [1.807, 2.05) is 27.9 Å². The Labute approximate surface area is 204 Å². The van der Waals surface area contributed by atoms with E-state index < -0.39 is 0 Å². The lowest BCUT2D eigenvalue weighted by Gasteiger charge is -2.54. The number of ether oxygens (including phenoxy) is 1. The fourth-order valence-electron chi connectivity index (χ4n) is 6.82. The second-order valence-electron chi connectivity index (χ2n) is 12.3. The molecule has 4 bridgehead atoms. The van der Waals surface area contributed by atoms with E-state index in [2.05, 4.69) is 34.5 Å². The number of hydrogen-bond donors (Lipinski definition) is 2. The molecule has 0 unspecified atom stereocenters. The summed E-state index contributed by atoms with van der Waals surface area (Å²) in [7, 11) is 4.05. The van der Waals surface area contributed by atoms with Crippen molar-refractivity contribution in [2.75, 3.05) is 27.2 Å². The number of amides is 2. The lowest BCUT2D eigenvalue weighted by Crippen LogP contribution is -2.55. The Morgan fingerprint density at radius 2 is 1.76 bits per heavy atom. The van der Waals surface area contributed by atoms with Crippen LogP contribution in [0.1, 0.15) is 70.2 Å². The van der Waals surface area contributed by atoms with Crippen molar-refractivity contribution in [3.8, 4) is 5.88 Å². The zero-order chi connectivity index (χ0) is 24.6. The van der Waals surface area contributed by atoms with Gasteiger partial charge in [-0.15, -0.1) is 0 Å². The van der Waals surface area contributed by atoms with Crippen LogP contribution in [0.5, 0.6) is 5.88 Å². The Morgan fingerprint density at radius 3 is 2.32 bits per heavy atom. The largest absolute Gasteiger partial charge is 0.475 e. The minimum atomic E-state index is -0.142. The van der Waals surface area contributed by atoms with Gasteiger partial charge in [0.25, 0.3) is 5.91 Å². The van der Waals surface area contributed by atoms with E-state index in [1.165, 1.54) is 36.8 Å². The Kier molecular flexibility index (Phi) is 7.27. The molecule has 2 N–H and O–H groups in total. The molecule has 1 aromatic rings. The number of aromatic nitrogens is 2. The Balaban J connectivity index is 1.42. The Bertz CT molecular complexity index is 863. The first kappa shape index (κ1) is 25.0. The molecule has 1 heterocycles. The molecule has 0 radical (unpaired) electrons. The lowest BCUT2D eigenvalue weighted by molar-refractivity contribution is -0.122. The molecular formula is C26H43N5O3. The molecule has 2 amide bonds. The second kappa shape index (κ2) is 9.88. The number of hydrogen-bond acceptors (Lipinski definition) is 5. The van der Waals surface area contributed by atoms with Gasteiger partial charge < -0.3 is 20.3 Å². The van der Waals surface area contributed by atoms with Gasteiger partial charge in [-0.1, -0.05) is 13.8 Å². The van der Waals surface area contributed by atoms with Crippen molar-refractivity contribution < 1.29 is 14.3 Å². The topological polar surface area (TPSA) is 88.5 Å². The zero-order valence-electron chi connectivity index (χ0n) is 21.8. The third-order valence-corrected chi connectivity index (χ3v) is 7.71. The van der Waals surface area contributed by atoms with Gasteiger partial charge in [0.15, 0.2) is 0 Å². The van der Waals surface area contributed by atoms with E-state index >= 15 is 0 Å². The summed E-state index contributed by atoms with van der Waals surface area (Å²) in [5.41, 5.74) is 0.368. The zero-order valence-corrected chi connectivity index (χ0v) is 21.8. The first-order valence-corrected chi connectivity index (χ1v) is 13.0. The summed E-state index contributed by atoms with van der Waals surface area (Å²) in [4.78, 5) is 28.2. The van der Waals surface area contributed by atoms with Crippen molar-refractivity contribution in [2.45, 2.75) is 78.5 Å². The predicted molar refractivity (Wildman–Crippen MR) is 132 cm³/mol. The van der Waals surface area contributed by atoms with E-state index in [0.717, 1.165) is 18.4 Å². The van der Waals surface area contributed by atoms with Gasteiger partial charge in [0.2, 0.25) is 11.8 Å². The number of nitrogens with zero attached hydrogens (tertiary/aromatic N) is 3. The molecule has 4 aliphatic carbocycles. The average Bonchev–Trinajstić information content (AvgIpc) is 3.09. The molecular weight excluding hydrogens is 430 g/mol. The van der Waals surface area contributed by atoms with Gasteiger partial charge in [0, 0.05) is 19.1 Å². The summed E-state index contributed by atoms with van der Waals surface area (Å²) in [6.07, 6.45) is 7.79. The first-order chi connectivity index (χ1) is 16.0. The SMILES string of the molecule is CC(C)Oc1c(C(=O)NC2C3CC4CC(C3)CC2C4)cnn1CC(=O)NCC(C)(C)CN(C)C. The van der Waals surface area contributed by atoms with Crippen LogP contribution in [-0.2, 0) is 11.3 Å². The molecule has 4 saturated carbocycles. The van der Waals surface area contributed by atoms with E-state index in [1.54, 1.807) is 6.20 Å². The molecule has 0 aliphatic heterocycles. The fraction of sp³-hybridized carbons (Fsp3) is 0.808. The van der Waals surface area contributed by atoms with Crippen LogP contribution < -0.4 is 15.4 Å². The fourth-order valence-corrected chi connectivity index (χ4v) is 6.82. The standard InChI is InChI=1S/C26H43N5O3/c1-16(2)34-25-21(12-28-31(25)13-22(32)27-14-26(3,4)15-30(5)6)24(33)29-23-19-8-17-7-18(10-19)11-20(23)9-17/h12,16-20,23H,7-11,13-15H2,1-6H3,(H,27,32)(H,29,33). The first-order valence-electron chi connectivity index (χ1n) is 13.0. The van der Waals surface area contributed by atoms with E-state index in [0.29, 0.717) is 29.8 Å². The van der Waals surface area contributed by atoms with Gasteiger partial charge in [-0.2, -0.15) is 5.10 Å². The molecule has 34 heavy (non-hydrogen) atoms. The normalized spacial score (nSPS) is 27.9.